The molecule has 0 aliphatic heterocycles. The van der Waals surface area contributed by atoms with Crippen LogP contribution in [0.3, 0.4) is 0 Å². The van der Waals surface area contributed by atoms with Crippen molar-refractivity contribution < 1.29 is 9.90 Å². The Bertz CT molecular complexity index is 415. The van der Waals surface area contributed by atoms with Crippen molar-refractivity contribution >= 4 is 27.6 Å². The van der Waals surface area contributed by atoms with Crippen molar-refractivity contribution in [1.29, 1.82) is 0 Å². The molecule has 0 saturated heterocycles. The van der Waals surface area contributed by atoms with Gasteiger partial charge in [0, 0.05) is 17.2 Å². The van der Waals surface area contributed by atoms with Gasteiger partial charge in [-0.3, -0.25) is 0 Å². The quantitative estimate of drug-likeness (QED) is 0.928. The number of likely N-dealkylation sites (N-methyl/N-ethyl adjacent to an activating group) is 1. The van der Waals surface area contributed by atoms with Crippen molar-refractivity contribution in [2.45, 2.75) is 26.3 Å². The first kappa shape index (κ1) is 13.0. The predicted octanol–water partition coefficient (Wildman–Crippen LogP) is 3.06. The lowest BCUT2D eigenvalue weighted by atomic mass is 10.0. The number of carboxylic acid groups (broad SMARTS) is 1. The maximum Gasteiger partial charge on any atom is 0.328 e. The molecule has 1 aromatic rings. The maximum absolute atomic E-state index is 11.2. The lowest BCUT2D eigenvalue weighted by molar-refractivity contribution is -0.142. The zero-order chi connectivity index (χ0) is 12.5. The van der Waals surface area contributed by atoms with Crippen LogP contribution >= 0.6 is 15.9 Å². The highest BCUT2D eigenvalue weighted by Gasteiger charge is 2.32. The van der Waals surface area contributed by atoms with E-state index in [9.17, 15) is 9.90 Å². The predicted molar refractivity (Wildman–Crippen MR) is 69.0 cm³/mol. The number of nitrogens with zero attached hydrogens (tertiary/aromatic N) is 1. The molecule has 0 aliphatic carbocycles. The number of aliphatic carboxylic acids is 1. The molecule has 88 valence electrons. The summed E-state index contributed by atoms with van der Waals surface area (Å²) >= 11 is 3.39. The van der Waals surface area contributed by atoms with Crippen molar-refractivity contribution in [3.05, 3.63) is 28.2 Å². The second-order valence-corrected chi connectivity index (χ2v) is 5.27. The van der Waals surface area contributed by atoms with Crippen LogP contribution in [0.25, 0.3) is 0 Å². The number of carboxylic acids is 1. The Morgan fingerprint density at radius 1 is 1.44 bits per heavy atom. The second kappa shape index (κ2) is 4.45. The molecular formula is C12H16BrNO2. The fourth-order valence-corrected chi connectivity index (χ4v) is 1.74. The van der Waals surface area contributed by atoms with Gasteiger partial charge in [0.15, 0.2) is 0 Å². The first-order valence-corrected chi connectivity index (χ1v) is 5.79. The number of carbonyl (C=O) groups is 1. The number of aryl methyl sites for hydroxylation is 1. The topological polar surface area (TPSA) is 40.5 Å². The van der Waals surface area contributed by atoms with Crippen molar-refractivity contribution in [3.63, 3.8) is 0 Å². The molecule has 1 N–H and O–H groups in total. The van der Waals surface area contributed by atoms with Gasteiger partial charge in [-0.1, -0.05) is 22.0 Å². The molecule has 0 saturated carbocycles. The molecule has 4 heteroatoms. The third kappa shape index (κ3) is 2.38. The average Bonchev–Trinajstić information content (AvgIpc) is 2.20. The van der Waals surface area contributed by atoms with Gasteiger partial charge in [-0.2, -0.15) is 0 Å². The van der Waals surface area contributed by atoms with E-state index in [0.717, 1.165) is 15.7 Å². The summed E-state index contributed by atoms with van der Waals surface area (Å²) in [6, 6.07) is 5.84. The third-order valence-electron chi connectivity index (χ3n) is 2.89. The van der Waals surface area contributed by atoms with Crippen LogP contribution in [0, 0.1) is 6.92 Å². The summed E-state index contributed by atoms with van der Waals surface area (Å²) in [6.07, 6.45) is 0. The van der Waals surface area contributed by atoms with Gasteiger partial charge in [0.25, 0.3) is 0 Å². The Kier molecular flexibility index (Phi) is 3.63. The molecule has 0 aromatic heterocycles. The van der Waals surface area contributed by atoms with E-state index in [2.05, 4.69) is 15.9 Å². The molecule has 0 radical (unpaired) electrons. The minimum atomic E-state index is -0.925. The molecule has 0 heterocycles. The molecule has 0 amide bonds. The first-order chi connectivity index (χ1) is 7.26. The zero-order valence-electron chi connectivity index (χ0n) is 9.91. The molecule has 0 atom stereocenters. The van der Waals surface area contributed by atoms with E-state index in [4.69, 9.17) is 0 Å². The smallest absolute Gasteiger partial charge is 0.328 e. The van der Waals surface area contributed by atoms with Crippen molar-refractivity contribution in [2.24, 2.45) is 0 Å². The molecule has 0 unspecified atom stereocenters. The highest BCUT2D eigenvalue weighted by molar-refractivity contribution is 9.10. The molecule has 0 aliphatic rings. The van der Waals surface area contributed by atoms with E-state index in [1.807, 2.05) is 25.1 Å². The van der Waals surface area contributed by atoms with E-state index >= 15 is 0 Å². The number of benzene rings is 1. The normalized spacial score (nSPS) is 11.3. The number of anilines is 1. The lowest BCUT2D eigenvalue weighted by Crippen LogP contribution is -2.48. The van der Waals surface area contributed by atoms with Crippen molar-refractivity contribution in [1.82, 2.24) is 0 Å². The van der Waals surface area contributed by atoms with Crippen LogP contribution in [-0.4, -0.2) is 23.7 Å². The fourth-order valence-electron chi connectivity index (χ4n) is 1.39. The van der Waals surface area contributed by atoms with Crippen LogP contribution in [0.15, 0.2) is 22.7 Å². The molecule has 3 nitrogen and oxygen atoms in total. The molecular weight excluding hydrogens is 270 g/mol. The highest BCUT2D eigenvalue weighted by atomic mass is 79.9. The summed E-state index contributed by atoms with van der Waals surface area (Å²) in [7, 11) is 1.79. The zero-order valence-corrected chi connectivity index (χ0v) is 11.5. The molecule has 16 heavy (non-hydrogen) atoms. The van der Waals surface area contributed by atoms with Crippen LogP contribution in [0.2, 0.25) is 0 Å². The van der Waals surface area contributed by atoms with Crippen molar-refractivity contribution in [2.75, 3.05) is 11.9 Å². The average molecular weight is 286 g/mol. The van der Waals surface area contributed by atoms with Crippen LogP contribution in [0.5, 0.6) is 0 Å². The molecule has 1 rings (SSSR count). The largest absolute Gasteiger partial charge is 0.480 e. The Morgan fingerprint density at radius 3 is 2.50 bits per heavy atom. The standard InChI is InChI=1S/C12H16BrNO2/c1-8-5-6-9(13)7-10(8)14(4)12(2,3)11(15)16/h5-7H,1-4H3,(H,15,16). The SMILES string of the molecule is Cc1ccc(Br)cc1N(C)C(C)(C)C(=O)O. The van der Waals surface area contributed by atoms with Crippen molar-refractivity contribution in [3.8, 4) is 0 Å². The second-order valence-electron chi connectivity index (χ2n) is 4.35. The van der Waals surface area contributed by atoms with Crippen LogP contribution < -0.4 is 4.90 Å². The monoisotopic (exact) mass is 285 g/mol. The van der Waals surface area contributed by atoms with Gasteiger partial charge in [-0.15, -0.1) is 0 Å². The van der Waals surface area contributed by atoms with E-state index in [1.54, 1.807) is 25.8 Å². The van der Waals surface area contributed by atoms with E-state index in [-0.39, 0.29) is 0 Å². The van der Waals surface area contributed by atoms with E-state index in [0.29, 0.717) is 0 Å². The Balaban J connectivity index is 3.19. The third-order valence-corrected chi connectivity index (χ3v) is 3.39. The van der Waals surface area contributed by atoms with Gasteiger partial charge >= 0.3 is 5.97 Å². The highest BCUT2D eigenvalue weighted by Crippen LogP contribution is 2.28. The molecule has 1 aromatic carbocycles. The van der Waals surface area contributed by atoms with Crippen LogP contribution in [-0.2, 0) is 4.79 Å². The minimum absolute atomic E-state index is 0.839. The van der Waals surface area contributed by atoms with Gasteiger partial charge in [0.05, 0.1) is 0 Å². The Labute approximate surface area is 104 Å². The summed E-state index contributed by atoms with van der Waals surface area (Å²) < 4.78 is 0.945. The van der Waals surface area contributed by atoms with Gasteiger partial charge in [-0.25, -0.2) is 4.79 Å². The van der Waals surface area contributed by atoms with Crippen LogP contribution in [0.1, 0.15) is 19.4 Å². The van der Waals surface area contributed by atoms with Gasteiger partial charge in [0.2, 0.25) is 0 Å². The Morgan fingerprint density at radius 2 is 2.00 bits per heavy atom. The fraction of sp³-hybridized carbons (Fsp3) is 0.417. The summed E-state index contributed by atoms with van der Waals surface area (Å²) in [4.78, 5) is 13.0. The minimum Gasteiger partial charge on any atom is -0.480 e. The lowest BCUT2D eigenvalue weighted by Gasteiger charge is -2.34. The van der Waals surface area contributed by atoms with Crippen LogP contribution in [0.4, 0.5) is 5.69 Å². The number of hydrogen-bond donors (Lipinski definition) is 1. The van der Waals surface area contributed by atoms with Gasteiger partial charge < -0.3 is 10.0 Å². The summed E-state index contributed by atoms with van der Waals surface area (Å²) in [6.45, 7) is 5.35. The number of rotatable bonds is 3. The van der Waals surface area contributed by atoms with E-state index < -0.39 is 11.5 Å². The van der Waals surface area contributed by atoms with E-state index in [1.165, 1.54) is 0 Å². The summed E-state index contributed by atoms with van der Waals surface area (Å²) in [5.74, 6) is -0.839. The number of hydrogen-bond acceptors (Lipinski definition) is 2. The summed E-state index contributed by atoms with van der Waals surface area (Å²) in [5.41, 5.74) is 1.05. The first-order valence-electron chi connectivity index (χ1n) is 5.00. The van der Waals surface area contributed by atoms with Gasteiger partial charge in [0.1, 0.15) is 5.54 Å². The molecule has 0 fully saturated rings. The molecule has 0 bridgehead atoms. The summed E-state index contributed by atoms with van der Waals surface area (Å²) in [5, 5.41) is 9.18. The number of halogens is 1. The maximum atomic E-state index is 11.2. The van der Waals surface area contributed by atoms with Gasteiger partial charge in [-0.05, 0) is 38.5 Å². The Hall–Kier alpha value is -1.03. The molecule has 0 spiro atoms.